The first-order valence-electron chi connectivity index (χ1n) is 18.9. The van der Waals surface area contributed by atoms with Crippen LogP contribution >= 0.6 is 0 Å². The van der Waals surface area contributed by atoms with Crippen molar-refractivity contribution in [3.05, 3.63) is 128 Å². The highest BCUT2D eigenvalue weighted by Crippen LogP contribution is 2.42. The number of nitriles is 1. The van der Waals surface area contributed by atoms with Crippen LogP contribution in [0.25, 0.3) is 16.5 Å². The summed E-state index contributed by atoms with van der Waals surface area (Å²) in [4.78, 5) is 38.7. The highest BCUT2D eigenvalue weighted by Gasteiger charge is 2.47. The molecule has 294 valence electrons. The van der Waals surface area contributed by atoms with Gasteiger partial charge in [-0.2, -0.15) is 0 Å². The predicted molar refractivity (Wildman–Crippen MR) is 205 cm³/mol. The van der Waals surface area contributed by atoms with E-state index in [0.29, 0.717) is 76.2 Å². The zero-order chi connectivity index (χ0) is 40.2. The zero-order valence-electron chi connectivity index (χ0n) is 31.5. The molecule has 57 heavy (non-hydrogen) atoms. The van der Waals surface area contributed by atoms with Crippen molar-refractivity contribution in [1.82, 2.24) is 19.4 Å². The summed E-state index contributed by atoms with van der Waals surface area (Å²) in [5.74, 6) is -1.23. The van der Waals surface area contributed by atoms with Gasteiger partial charge < -0.3 is 28.9 Å². The van der Waals surface area contributed by atoms with Crippen LogP contribution in [0.1, 0.15) is 76.4 Å². The molecule has 2 saturated heterocycles. The molecule has 1 aliphatic carbocycles. The number of methoxy groups -OCH3 is 1. The number of nitrogens with zero attached hydrogens (tertiary/aromatic N) is 8. The summed E-state index contributed by atoms with van der Waals surface area (Å²) in [5, 5.41) is 24.6. The highest BCUT2D eigenvalue weighted by atomic mass is 19.1. The summed E-state index contributed by atoms with van der Waals surface area (Å²) in [6.07, 6.45) is 9.65. The van der Waals surface area contributed by atoms with Crippen LogP contribution in [0.3, 0.4) is 0 Å². The van der Waals surface area contributed by atoms with Crippen molar-refractivity contribution in [2.75, 3.05) is 33.3 Å². The fraction of sp³-hybridized carbons (Fsp3) is 0.381. The van der Waals surface area contributed by atoms with Gasteiger partial charge in [-0.3, -0.25) is 9.59 Å². The van der Waals surface area contributed by atoms with E-state index in [1.54, 1.807) is 35.4 Å². The van der Waals surface area contributed by atoms with Crippen LogP contribution in [0.2, 0.25) is 0 Å². The molecule has 1 unspecified atom stereocenters. The van der Waals surface area contributed by atoms with E-state index in [9.17, 15) is 28.7 Å². The Balaban J connectivity index is 1.09. The zero-order valence-corrected chi connectivity index (χ0v) is 31.5. The molecular weight excluding hydrogens is 735 g/mol. The lowest BCUT2D eigenvalue weighted by Crippen LogP contribution is -2.46. The number of aryl methyl sites for hydroxylation is 1. The largest absolute Gasteiger partial charge is 0.492 e. The number of aromatic nitrogens is 2. The quantitative estimate of drug-likeness (QED) is 0.0667. The average molecular weight is 777 g/mol. The van der Waals surface area contributed by atoms with Crippen LogP contribution in [0.4, 0.5) is 8.78 Å². The number of azide groups is 1. The first-order valence-corrected chi connectivity index (χ1v) is 18.9. The molecule has 0 spiro atoms. The lowest BCUT2D eigenvalue weighted by Gasteiger charge is -2.39. The number of allylic oxidation sites excluding steroid dienone is 1. The molecule has 1 atom stereocenters. The number of halogens is 2. The number of hydrogen-bond donors (Lipinski definition) is 1. The highest BCUT2D eigenvalue weighted by molar-refractivity contribution is 5.98. The number of likely N-dealkylation sites (tertiary alicyclic amines) is 2. The van der Waals surface area contributed by atoms with Crippen molar-refractivity contribution in [1.29, 1.82) is 5.26 Å². The molecule has 0 bridgehead atoms. The minimum atomic E-state index is -1.18. The number of hydrogen-bond acceptors (Lipinski definition) is 8. The number of amides is 2. The minimum Gasteiger partial charge on any atom is -0.492 e. The van der Waals surface area contributed by atoms with E-state index in [4.69, 9.17) is 20.0 Å². The molecular formula is C42H42F2N8O5. The molecule has 3 aliphatic rings. The number of ether oxygens (including phenoxy) is 2. The Bertz CT molecular complexity index is 2270. The summed E-state index contributed by atoms with van der Waals surface area (Å²) < 4.78 is 40.1. The van der Waals surface area contributed by atoms with Crippen molar-refractivity contribution in [3.63, 3.8) is 0 Å². The van der Waals surface area contributed by atoms with Gasteiger partial charge in [-0.1, -0.05) is 30.3 Å². The molecule has 0 saturated carbocycles. The summed E-state index contributed by atoms with van der Waals surface area (Å²) in [7, 11) is 1.29. The third kappa shape index (κ3) is 8.25. The molecule has 15 heteroatoms. The Hall–Kier alpha value is -6.07. The van der Waals surface area contributed by atoms with E-state index in [1.165, 1.54) is 43.5 Å². The van der Waals surface area contributed by atoms with Gasteiger partial charge in [0.2, 0.25) is 5.91 Å². The summed E-state index contributed by atoms with van der Waals surface area (Å²) in [6, 6.07) is 15.5. The number of carbonyl (C=O) groups is 2. The summed E-state index contributed by atoms with van der Waals surface area (Å²) >= 11 is 0. The van der Waals surface area contributed by atoms with Crippen LogP contribution < -0.4 is 9.47 Å². The monoisotopic (exact) mass is 776 g/mol. The first kappa shape index (κ1) is 39.2. The number of rotatable bonds is 13. The maximum Gasteiger partial charge on any atom is 0.292 e. The lowest BCUT2D eigenvalue weighted by atomic mass is 9.76. The van der Waals surface area contributed by atoms with Gasteiger partial charge in [0.1, 0.15) is 23.1 Å². The molecule has 7 rings (SSSR count). The summed E-state index contributed by atoms with van der Waals surface area (Å²) in [5.41, 5.74) is 10.9. The lowest BCUT2D eigenvalue weighted by molar-refractivity contribution is -0.137. The maximum atomic E-state index is 14.5. The molecule has 4 aromatic rings. The Morgan fingerprint density at radius 1 is 1.02 bits per heavy atom. The number of aliphatic hydroxyl groups is 1. The Kier molecular flexibility index (Phi) is 11.4. The van der Waals surface area contributed by atoms with Gasteiger partial charge in [-0.25, -0.2) is 13.8 Å². The minimum absolute atomic E-state index is 0.0576. The van der Waals surface area contributed by atoms with E-state index < -0.39 is 16.9 Å². The van der Waals surface area contributed by atoms with E-state index in [1.807, 2.05) is 0 Å². The topological polar surface area (TPSA) is 170 Å². The van der Waals surface area contributed by atoms with E-state index in [-0.39, 0.29) is 41.1 Å². The van der Waals surface area contributed by atoms with Gasteiger partial charge >= 0.3 is 0 Å². The SMILES string of the molecule is COc1c(OC#N)cc(CN2CCC(CCN3CCC(O)(c4nc5c(n4Cc4ccc(F)cc4)C=CCC5)CC3)(Cc3ccc(F)cc3)C2=O)cc1C(=O)N=[N+]=[N-]. The van der Waals surface area contributed by atoms with Gasteiger partial charge in [0, 0.05) is 37.6 Å². The molecule has 2 fully saturated rings. The molecule has 3 heterocycles. The third-order valence-corrected chi connectivity index (χ3v) is 11.4. The summed E-state index contributed by atoms with van der Waals surface area (Å²) in [6.45, 7) is 2.64. The second-order valence-corrected chi connectivity index (χ2v) is 15.0. The average Bonchev–Trinajstić information content (AvgIpc) is 3.73. The van der Waals surface area contributed by atoms with E-state index in [2.05, 4.69) is 31.6 Å². The normalized spacial score (nSPS) is 18.8. The second-order valence-electron chi connectivity index (χ2n) is 15.0. The van der Waals surface area contributed by atoms with Crippen LogP contribution in [-0.4, -0.2) is 69.6 Å². The van der Waals surface area contributed by atoms with Crippen LogP contribution in [0, 0.1) is 28.6 Å². The standard InChI is InChI=1S/C42H42F2N8O5/c1-56-37-33(38(53)48-49-46)22-30(23-36(37)57-27-45)25-51-21-15-41(40(51)54,24-28-6-10-31(43)11-7-28)14-18-50-19-16-42(55,17-20-50)39-47-34-4-2-3-5-35(34)52(39)26-29-8-12-32(44)13-9-29/h3,5-13,22-23,55H,2,4,14-21,24-26H2,1H3. The Labute approximate surface area is 328 Å². The Morgan fingerprint density at radius 3 is 2.39 bits per heavy atom. The van der Waals surface area contributed by atoms with Gasteiger partial charge in [-0.15, -0.1) is 5.26 Å². The fourth-order valence-electron chi connectivity index (χ4n) is 8.41. The van der Waals surface area contributed by atoms with Crippen molar-refractivity contribution in [2.24, 2.45) is 10.5 Å². The van der Waals surface area contributed by atoms with Crippen LogP contribution in [0.15, 0.2) is 71.9 Å². The maximum absolute atomic E-state index is 14.5. The van der Waals surface area contributed by atoms with Gasteiger partial charge in [0.05, 0.1) is 29.5 Å². The predicted octanol–water partition coefficient (Wildman–Crippen LogP) is 6.82. The van der Waals surface area contributed by atoms with Crippen LogP contribution in [0.5, 0.6) is 11.5 Å². The van der Waals surface area contributed by atoms with E-state index >= 15 is 0 Å². The fourth-order valence-corrected chi connectivity index (χ4v) is 8.41. The smallest absolute Gasteiger partial charge is 0.292 e. The molecule has 2 amide bonds. The molecule has 3 aromatic carbocycles. The molecule has 0 radical (unpaired) electrons. The Morgan fingerprint density at radius 2 is 1.72 bits per heavy atom. The molecule has 13 nitrogen and oxygen atoms in total. The van der Waals surface area contributed by atoms with Crippen molar-refractivity contribution in [2.45, 2.75) is 63.6 Å². The number of carbonyl (C=O) groups excluding carboxylic acids is 2. The van der Waals surface area contributed by atoms with Crippen LogP contribution in [-0.2, 0) is 36.3 Å². The molecule has 1 aromatic heterocycles. The van der Waals surface area contributed by atoms with Crippen molar-refractivity contribution >= 4 is 17.9 Å². The van der Waals surface area contributed by atoms with E-state index in [0.717, 1.165) is 35.4 Å². The molecule has 2 aliphatic heterocycles. The second kappa shape index (κ2) is 16.6. The van der Waals surface area contributed by atoms with Crippen molar-refractivity contribution in [3.8, 4) is 17.8 Å². The molecule has 1 N–H and O–H groups in total. The number of fused-ring (bicyclic) bond motifs is 1. The number of benzene rings is 3. The van der Waals surface area contributed by atoms with Gasteiger partial charge in [0.15, 0.2) is 11.5 Å². The number of piperidine rings is 1. The van der Waals surface area contributed by atoms with Crippen molar-refractivity contribution < 1.29 is 33.0 Å². The van der Waals surface area contributed by atoms with Gasteiger partial charge in [0.25, 0.3) is 12.2 Å². The first-order chi connectivity index (χ1) is 27.5. The third-order valence-electron chi connectivity index (χ3n) is 11.4. The number of imidazole rings is 1. The van der Waals surface area contributed by atoms with Gasteiger partial charge in [-0.05, 0) is 121 Å².